The Balaban J connectivity index is 2.01. The third-order valence-electron chi connectivity index (χ3n) is 3.56. The molecule has 104 valence electrons. The smallest absolute Gasteiger partial charge is 0.222 e. The van der Waals surface area contributed by atoms with E-state index in [9.17, 15) is 0 Å². The standard InChI is InChI=1S/C17H18O3/c18-12-11-16-13-19-17(20-16,14-7-3-1-4-8-14)15-9-5-2-6-10-15/h1-10,16,18H,11-13H2. The van der Waals surface area contributed by atoms with Crippen LogP contribution in [0.25, 0.3) is 0 Å². The molecule has 0 radical (unpaired) electrons. The molecule has 0 amide bonds. The third kappa shape index (κ3) is 2.36. The minimum absolute atomic E-state index is 0.0830. The number of aliphatic hydroxyl groups excluding tert-OH is 1. The highest BCUT2D eigenvalue weighted by Gasteiger charge is 2.44. The molecule has 1 unspecified atom stereocenters. The van der Waals surface area contributed by atoms with E-state index in [4.69, 9.17) is 14.6 Å². The fourth-order valence-corrected chi connectivity index (χ4v) is 2.58. The minimum atomic E-state index is -0.859. The van der Waals surface area contributed by atoms with Gasteiger partial charge >= 0.3 is 0 Å². The van der Waals surface area contributed by atoms with Crippen LogP contribution in [0.5, 0.6) is 0 Å². The topological polar surface area (TPSA) is 38.7 Å². The summed E-state index contributed by atoms with van der Waals surface area (Å²) in [5, 5.41) is 9.10. The van der Waals surface area contributed by atoms with Crippen molar-refractivity contribution in [2.24, 2.45) is 0 Å². The highest BCUT2D eigenvalue weighted by atomic mass is 16.7. The normalized spacial score (nSPS) is 20.9. The highest BCUT2D eigenvalue weighted by Crippen LogP contribution is 2.40. The van der Waals surface area contributed by atoms with Gasteiger partial charge in [-0.2, -0.15) is 0 Å². The Kier molecular flexibility index (Phi) is 3.83. The summed E-state index contributed by atoms with van der Waals surface area (Å²) in [4.78, 5) is 0. The highest BCUT2D eigenvalue weighted by molar-refractivity contribution is 5.34. The van der Waals surface area contributed by atoms with Crippen LogP contribution >= 0.6 is 0 Å². The lowest BCUT2D eigenvalue weighted by atomic mass is 9.97. The van der Waals surface area contributed by atoms with Crippen molar-refractivity contribution in [3.8, 4) is 0 Å². The van der Waals surface area contributed by atoms with Crippen molar-refractivity contribution in [2.75, 3.05) is 13.2 Å². The van der Waals surface area contributed by atoms with Gasteiger partial charge in [0.25, 0.3) is 0 Å². The first-order chi connectivity index (χ1) is 9.85. The molecule has 1 atom stereocenters. The number of ether oxygens (including phenoxy) is 2. The summed E-state index contributed by atoms with van der Waals surface area (Å²) in [6.07, 6.45) is 0.502. The van der Waals surface area contributed by atoms with E-state index < -0.39 is 5.79 Å². The molecule has 1 heterocycles. The van der Waals surface area contributed by atoms with Crippen molar-refractivity contribution in [1.82, 2.24) is 0 Å². The van der Waals surface area contributed by atoms with E-state index in [-0.39, 0.29) is 12.7 Å². The SMILES string of the molecule is OCCC1COC(c2ccccc2)(c2ccccc2)O1. The zero-order chi connectivity index (χ0) is 13.8. The average Bonchev–Trinajstić information content (AvgIpc) is 2.95. The van der Waals surface area contributed by atoms with Gasteiger partial charge in [0.05, 0.1) is 12.7 Å². The van der Waals surface area contributed by atoms with Crippen molar-refractivity contribution in [2.45, 2.75) is 18.3 Å². The average molecular weight is 270 g/mol. The first kappa shape index (κ1) is 13.3. The van der Waals surface area contributed by atoms with E-state index in [0.29, 0.717) is 13.0 Å². The van der Waals surface area contributed by atoms with Gasteiger partial charge in [0.2, 0.25) is 5.79 Å². The van der Waals surface area contributed by atoms with E-state index in [2.05, 4.69) is 0 Å². The molecule has 20 heavy (non-hydrogen) atoms. The molecule has 0 spiro atoms. The van der Waals surface area contributed by atoms with Crippen LogP contribution in [0, 0.1) is 0 Å². The van der Waals surface area contributed by atoms with Crippen LogP contribution in [0.4, 0.5) is 0 Å². The number of aliphatic hydroxyl groups is 1. The first-order valence-corrected chi connectivity index (χ1v) is 6.89. The summed E-state index contributed by atoms with van der Waals surface area (Å²) in [6, 6.07) is 19.9. The van der Waals surface area contributed by atoms with Crippen molar-refractivity contribution >= 4 is 0 Å². The summed E-state index contributed by atoms with van der Waals surface area (Å²) in [7, 11) is 0. The second kappa shape index (κ2) is 5.75. The largest absolute Gasteiger partial charge is 0.396 e. The third-order valence-corrected chi connectivity index (χ3v) is 3.56. The van der Waals surface area contributed by atoms with Crippen LogP contribution in [0.15, 0.2) is 60.7 Å². The van der Waals surface area contributed by atoms with Gasteiger partial charge in [-0.15, -0.1) is 0 Å². The summed E-state index contributed by atoms with van der Waals surface area (Å²) in [5.74, 6) is -0.859. The second-order valence-corrected chi connectivity index (χ2v) is 4.91. The van der Waals surface area contributed by atoms with Crippen LogP contribution in [0.3, 0.4) is 0 Å². The van der Waals surface area contributed by atoms with E-state index in [1.54, 1.807) is 0 Å². The molecule has 2 aromatic rings. The van der Waals surface area contributed by atoms with Crippen molar-refractivity contribution in [3.63, 3.8) is 0 Å². The zero-order valence-corrected chi connectivity index (χ0v) is 11.2. The Morgan fingerprint density at radius 2 is 1.50 bits per heavy atom. The number of hydrogen-bond donors (Lipinski definition) is 1. The maximum Gasteiger partial charge on any atom is 0.222 e. The van der Waals surface area contributed by atoms with Gasteiger partial charge in [-0.3, -0.25) is 0 Å². The number of rotatable bonds is 4. The molecular weight excluding hydrogens is 252 g/mol. The zero-order valence-electron chi connectivity index (χ0n) is 11.2. The molecule has 0 bridgehead atoms. The minimum Gasteiger partial charge on any atom is -0.396 e. The Bertz CT molecular complexity index is 499. The van der Waals surface area contributed by atoms with E-state index in [1.165, 1.54) is 0 Å². The van der Waals surface area contributed by atoms with Crippen LogP contribution in [-0.2, 0) is 15.3 Å². The van der Waals surface area contributed by atoms with Crippen LogP contribution in [-0.4, -0.2) is 24.4 Å². The molecule has 0 aromatic heterocycles. The van der Waals surface area contributed by atoms with Gasteiger partial charge in [0, 0.05) is 17.7 Å². The summed E-state index contributed by atoms with van der Waals surface area (Å²) < 4.78 is 12.2. The van der Waals surface area contributed by atoms with Crippen molar-refractivity contribution < 1.29 is 14.6 Å². The predicted octanol–water partition coefficient (Wildman–Crippen LogP) is 2.69. The van der Waals surface area contributed by atoms with Gasteiger partial charge < -0.3 is 14.6 Å². The lowest BCUT2D eigenvalue weighted by Gasteiger charge is -2.29. The fraction of sp³-hybridized carbons (Fsp3) is 0.294. The van der Waals surface area contributed by atoms with Crippen LogP contribution in [0.1, 0.15) is 17.5 Å². The molecule has 3 rings (SSSR count). The summed E-state index contributed by atoms with van der Waals surface area (Å²) >= 11 is 0. The van der Waals surface area contributed by atoms with Gasteiger partial charge in [-0.25, -0.2) is 0 Å². The van der Waals surface area contributed by atoms with Gasteiger partial charge in [-0.1, -0.05) is 60.7 Å². The molecule has 0 saturated carbocycles. The molecule has 1 saturated heterocycles. The lowest BCUT2D eigenvalue weighted by molar-refractivity contribution is -0.144. The number of benzene rings is 2. The molecule has 1 aliphatic rings. The van der Waals surface area contributed by atoms with E-state index >= 15 is 0 Å². The van der Waals surface area contributed by atoms with Gasteiger partial charge in [0.15, 0.2) is 0 Å². The Morgan fingerprint density at radius 3 is 2.00 bits per heavy atom. The Labute approximate surface area is 118 Å². The predicted molar refractivity (Wildman–Crippen MR) is 76.2 cm³/mol. The van der Waals surface area contributed by atoms with Crippen molar-refractivity contribution in [3.05, 3.63) is 71.8 Å². The quantitative estimate of drug-likeness (QED) is 0.928. The van der Waals surface area contributed by atoms with E-state index in [0.717, 1.165) is 11.1 Å². The Hall–Kier alpha value is -1.68. The maximum absolute atomic E-state index is 9.10. The van der Waals surface area contributed by atoms with Gasteiger partial charge in [-0.05, 0) is 6.42 Å². The molecule has 0 aliphatic carbocycles. The van der Waals surface area contributed by atoms with Crippen LogP contribution < -0.4 is 0 Å². The monoisotopic (exact) mass is 270 g/mol. The molecule has 3 heteroatoms. The van der Waals surface area contributed by atoms with Crippen molar-refractivity contribution in [1.29, 1.82) is 0 Å². The molecule has 2 aromatic carbocycles. The Morgan fingerprint density at radius 1 is 0.950 bits per heavy atom. The molecule has 1 aliphatic heterocycles. The lowest BCUT2D eigenvalue weighted by Crippen LogP contribution is -2.29. The fourth-order valence-electron chi connectivity index (χ4n) is 2.58. The number of hydrogen-bond acceptors (Lipinski definition) is 3. The van der Waals surface area contributed by atoms with Crippen LogP contribution in [0.2, 0.25) is 0 Å². The summed E-state index contributed by atoms with van der Waals surface area (Å²) in [6.45, 7) is 0.595. The molecular formula is C17H18O3. The molecule has 1 N–H and O–H groups in total. The van der Waals surface area contributed by atoms with E-state index in [1.807, 2.05) is 60.7 Å². The molecule has 3 nitrogen and oxygen atoms in total. The van der Waals surface area contributed by atoms with Gasteiger partial charge in [0.1, 0.15) is 0 Å². The second-order valence-electron chi connectivity index (χ2n) is 4.91. The maximum atomic E-state index is 9.10. The molecule has 1 fully saturated rings. The summed E-state index contributed by atoms with van der Waals surface area (Å²) in [5.41, 5.74) is 1.96. The first-order valence-electron chi connectivity index (χ1n) is 6.89.